The van der Waals surface area contributed by atoms with Crippen LogP contribution in [0.15, 0.2) is 36.5 Å². The Bertz CT molecular complexity index is 812. The van der Waals surface area contributed by atoms with E-state index in [2.05, 4.69) is 15.2 Å². The number of morpholine rings is 1. The first-order chi connectivity index (χ1) is 12.2. The number of benzene rings is 1. The molecule has 0 aliphatic carbocycles. The van der Waals surface area contributed by atoms with Gasteiger partial charge in [-0.05, 0) is 12.1 Å². The first-order valence-corrected chi connectivity index (χ1v) is 7.88. The van der Waals surface area contributed by atoms with Gasteiger partial charge in [-0.25, -0.2) is 4.98 Å². The third-order valence-corrected chi connectivity index (χ3v) is 3.98. The lowest BCUT2D eigenvalue weighted by Crippen LogP contribution is -2.37. The molecular weight excluding hydrogens is 322 g/mol. The van der Waals surface area contributed by atoms with Gasteiger partial charge >= 0.3 is 0 Å². The second kappa shape index (κ2) is 7.59. The van der Waals surface area contributed by atoms with Crippen LogP contribution in [0, 0.1) is 21.4 Å². The van der Waals surface area contributed by atoms with E-state index in [0.29, 0.717) is 25.4 Å². The molecule has 0 saturated carbocycles. The van der Waals surface area contributed by atoms with E-state index in [-0.39, 0.29) is 11.3 Å². The molecule has 1 fully saturated rings. The molecule has 8 nitrogen and oxygen atoms in total. The van der Waals surface area contributed by atoms with E-state index in [4.69, 9.17) is 4.74 Å². The molecule has 2 heterocycles. The monoisotopic (exact) mass is 339 g/mol. The Morgan fingerprint density at radius 2 is 2.16 bits per heavy atom. The Balaban J connectivity index is 1.78. The van der Waals surface area contributed by atoms with Crippen LogP contribution in [-0.4, -0.2) is 36.2 Å². The molecule has 0 radical (unpaired) electrons. The van der Waals surface area contributed by atoms with Crippen molar-refractivity contribution in [2.45, 2.75) is 6.54 Å². The molecule has 8 heteroatoms. The average Bonchev–Trinajstić information content (AvgIpc) is 2.67. The summed E-state index contributed by atoms with van der Waals surface area (Å²) >= 11 is 0. The highest BCUT2D eigenvalue weighted by Crippen LogP contribution is 2.24. The van der Waals surface area contributed by atoms with Crippen molar-refractivity contribution in [1.82, 2.24) is 4.98 Å². The van der Waals surface area contributed by atoms with E-state index in [0.717, 1.165) is 24.5 Å². The zero-order valence-corrected chi connectivity index (χ0v) is 13.5. The van der Waals surface area contributed by atoms with Gasteiger partial charge in [-0.3, -0.25) is 10.1 Å². The number of aromatic nitrogens is 1. The van der Waals surface area contributed by atoms with Crippen molar-refractivity contribution in [3.8, 4) is 6.07 Å². The van der Waals surface area contributed by atoms with Crippen molar-refractivity contribution < 1.29 is 9.66 Å². The molecule has 1 aromatic heterocycles. The number of nitrogens with one attached hydrogen (secondary N) is 1. The average molecular weight is 339 g/mol. The van der Waals surface area contributed by atoms with Crippen LogP contribution in [0.4, 0.5) is 17.2 Å². The summed E-state index contributed by atoms with van der Waals surface area (Å²) in [5.41, 5.74) is 1.69. The van der Waals surface area contributed by atoms with Crippen LogP contribution >= 0.6 is 0 Å². The normalized spacial score (nSPS) is 14.0. The van der Waals surface area contributed by atoms with Crippen LogP contribution in [-0.2, 0) is 11.3 Å². The molecule has 0 bridgehead atoms. The summed E-state index contributed by atoms with van der Waals surface area (Å²) in [4.78, 5) is 17.0. The summed E-state index contributed by atoms with van der Waals surface area (Å²) < 4.78 is 5.38. The molecular formula is C17H17N5O3. The van der Waals surface area contributed by atoms with E-state index >= 15 is 0 Å². The van der Waals surface area contributed by atoms with Gasteiger partial charge in [-0.1, -0.05) is 6.07 Å². The van der Waals surface area contributed by atoms with Crippen molar-refractivity contribution in [1.29, 1.82) is 5.26 Å². The number of non-ortho nitro benzene ring substituents is 1. The summed E-state index contributed by atoms with van der Waals surface area (Å²) in [7, 11) is 0. The molecule has 0 unspecified atom stereocenters. The zero-order valence-electron chi connectivity index (χ0n) is 13.5. The Hall–Kier alpha value is -3.18. The fourth-order valence-corrected chi connectivity index (χ4v) is 2.71. The lowest BCUT2D eigenvalue weighted by atomic mass is 10.1. The van der Waals surface area contributed by atoms with Gasteiger partial charge in [0.1, 0.15) is 11.9 Å². The minimum atomic E-state index is -0.512. The number of nitro groups is 1. The number of nitriles is 1. The predicted octanol–water partition coefficient (Wildman–Crippen LogP) is 2.31. The van der Waals surface area contributed by atoms with Crippen molar-refractivity contribution in [2.24, 2.45) is 0 Å². The second-order valence-electron chi connectivity index (χ2n) is 5.54. The number of nitrogens with zero attached hydrogens (tertiary/aromatic N) is 4. The lowest BCUT2D eigenvalue weighted by Gasteiger charge is -2.29. The SMILES string of the molecule is N#Cc1cc([N+](=O)[O-])ccc1NCc1cccnc1N1CCOCC1. The summed E-state index contributed by atoms with van der Waals surface area (Å²) in [6.45, 7) is 3.37. The molecule has 0 amide bonds. The van der Waals surface area contributed by atoms with E-state index in [1.807, 2.05) is 18.2 Å². The summed E-state index contributed by atoms with van der Waals surface area (Å²) in [5.74, 6) is 0.888. The van der Waals surface area contributed by atoms with Crippen LogP contribution in [0.3, 0.4) is 0 Å². The lowest BCUT2D eigenvalue weighted by molar-refractivity contribution is -0.384. The first-order valence-electron chi connectivity index (χ1n) is 7.88. The van der Waals surface area contributed by atoms with Crippen LogP contribution < -0.4 is 10.2 Å². The van der Waals surface area contributed by atoms with Gasteiger partial charge < -0.3 is 15.0 Å². The zero-order chi connectivity index (χ0) is 17.6. The molecule has 25 heavy (non-hydrogen) atoms. The second-order valence-corrected chi connectivity index (χ2v) is 5.54. The molecule has 3 rings (SSSR count). The van der Waals surface area contributed by atoms with Crippen molar-refractivity contribution in [3.05, 3.63) is 57.8 Å². The summed E-state index contributed by atoms with van der Waals surface area (Å²) in [5, 5.41) is 23.2. The first kappa shape index (κ1) is 16.7. The molecule has 1 N–H and O–H groups in total. The summed E-state index contributed by atoms with van der Waals surface area (Å²) in [6, 6.07) is 10.0. The number of ether oxygens (including phenoxy) is 1. The van der Waals surface area contributed by atoms with E-state index in [1.165, 1.54) is 12.1 Å². The third-order valence-electron chi connectivity index (χ3n) is 3.98. The maximum Gasteiger partial charge on any atom is 0.270 e. The molecule has 1 aliphatic rings. The molecule has 1 aliphatic heterocycles. The third kappa shape index (κ3) is 3.84. The number of hydrogen-bond acceptors (Lipinski definition) is 7. The number of rotatable bonds is 5. The number of anilines is 2. The van der Waals surface area contributed by atoms with Crippen LogP contribution in [0.25, 0.3) is 0 Å². The standard InChI is InChI=1S/C17H17N5O3/c18-11-14-10-15(22(23)24)3-4-16(14)20-12-13-2-1-5-19-17(13)21-6-8-25-9-7-21/h1-5,10,20H,6-9,12H2. The highest BCUT2D eigenvalue weighted by molar-refractivity contribution is 5.62. The molecule has 1 saturated heterocycles. The number of pyridine rings is 1. The Labute approximate surface area is 144 Å². The van der Waals surface area contributed by atoms with Crippen molar-refractivity contribution >= 4 is 17.2 Å². The van der Waals surface area contributed by atoms with Crippen LogP contribution in [0.5, 0.6) is 0 Å². The minimum absolute atomic E-state index is 0.0996. The minimum Gasteiger partial charge on any atom is -0.380 e. The van der Waals surface area contributed by atoms with E-state index in [1.54, 1.807) is 12.3 Å². The molecule has 128 valence electrons. The molecule has 2 aromatic rings. The molecule has 0 atom stereocenters. The molecule has 0 spiro atoms. The Morgan fingerprint density at radius 3 is 2.88 bits per heavy atom. The topological polar surface area (TPSA) is 104 Å². The van der Waals surface area contributed by atoms with Crippen LogP contribution in [0.1, 0.15) is 11.1 Å². The van der Waals surface area contributed by atoms with Gasteiger partial charge in [0.15, 0.2) is 0 Å². The Kier molecular flexibility index (Phi) is 5.06. The fraction of sp³-hybridized carbons (Fsp3) is 0.294. The maximum absolute atomic E-state index is 10.8. The fourth-order valence-electron chi connectivity index (χ4n) is 2.71. The largest absolute Gasteiger partial charge is 0.380 e. The molecule has 1 aromatic carbocycles. The van der Waals surface area contributed by atoms with Gasteiger partial charge in [-0.15, -0.1) is 0 Å². The van der Waals surface area contributed by atoms with E-state index in [9.17, 15) is 15.4 Å². The van der Waals surface area contributed by atoms with Gasteiger partial charge in [0, 0.05) is 43.5 Å². The highest BCUT2D eigenvalue weighted by Gasteiger charge is 2.16. The summed E-state index contributed by atoms with van der Waals surface area (Å²) in [6.07, 6.45) is 1.75. The maximum atomic E-state index is 10.8. The predicted molar refractivity (Wildman–Crippen MR) is 92.4 cm³/mol. The smallest absolute Gasteiger partial charge is 0.270 e. The van der Waals surface area contributed by atoms with E-state index < -0.39 is 4.92 Å². The highest BCUT2D eigenvalue weighted by atomic mass is 16.6. The van der Waals surface area contributed by atoms with Gasteiger partial charge in [0.2, 0.25) is 0 Å². The quantitative estimate of drug-likeness (QED) is 0.658. The Morgan fingerprint density at radius 1 is 1.36 bits per heavy atom. The van der Waals surface area contributed by atoms with Crippen molar-refractivity contribution in [3.63, 3.8) is 0 Å². The van der Waals surface area contributed by atoms with Gasteiger partial charge in [-0.2, -0.15) is 5.26 Å². The van der Waals surface area contributed by atoms with Gasteiger partial charge in [0.05, 0.1) is 29.4 Å². The van der Waals surface area contributed by atoms with Crippen LogP contribution in [0.2, 0.25) is 0 Å². The van der Waals surface area contributed by atoms with Gasteiger partial charge in [0.25, 0.3) is 5.69 Å². The number of nitro benzene ring substituents is 1. The number of hydrogen-bond donors (Lipinski definition) is 1. The van der Waals surface area contributed by atoms with Crippen molar-refractivity contribution in [2.75, 3.05) is 36.5 Å².